The van der Waals surface area contributed by atoms with Gasteiger partial charge in [-0.05, 0) is 42.7 Å². The van der Waals surface area contributed by atoms with Crippen molar-refractivity contribution in [2.24, 2.45) is 0 Å². The van der Waals surface area contributed by atoms with E-state index in [-0.39, 0.29) is 11.4 Å². The molecule has 0 aliphatic carbocycles. The monoisotopic (exact) mass is 340 g/mol. The van der Waals surface area contributed by atoms with Crippen molar-refractivity contribution in [3.8, 4) is 16.9 Å². The Morgan fingerprint density at radius 3 is 2.64 bits per heavy atom. The topological polar surface area (TPSA) is 74.4 Å². The zero-order valence-electron chi connectivity index (χ0n) is 14.1. The number of nitrogen functional groups attached to an aromatic ring is 1. The molecule has 25 heavy (non-hydrogen) atoms. The second-order valence-corrected chi connectivity index (χ2v) is 5.77. The summed E-state index contributed by atoms with van der Waals surface area (Å²) in [5.41, 5.74) is 9.72. The molecule has 0 spiro atoms. The molecular weight excluding hydrogens is 323 g/mol. The fourth-order valence-electron chi connectivity index (χ4n) is 2.98. The van der Waals surface area contributed by atoms with Crippen LogP contribution in [0.25, 0.3) is 22.0 Å². The zero-order chi connectivity index (χ0) is 18.1. The summed E-state index contributed by atoms with van der Waals surface area (Å²) in [7, 11) is 1.58. The summed E-state index contributed by atoms with van der Waals surface area (Å²) < 4.78 is 17.9. The molecule has 3 rings (SSSR count). The highest BCUT2D eigenvalue weighted by molar-refractivity contribution is 6.08. The highest BCUT2D eigenvalue weighted by atomic mass is 19.3. The zero-order valence-corrected chi connectivity index (χ0v) is 14.1. The van der Waals surface area contributed by atoms with Crippen LogP contribution >= 0.6 is 0 Å². The number of pyridine rings is 1. The third kappa shape index (κ3) is 2.76. The van der Waals surface area contributed by atoms with E-state index in [1.165, 1.54) is 0 Å². The van der Waals surface area contributed by atoms with Crippen LogP contribution in [0.15, 0.2) is 36.4 Å². The van der Waals surface area contributed by atoms with Gasteiger partial charge in [-0.15, -0.1) is 0 Å². The molecule has 1 heterocycles. The lowest BCUT2D eigenvalue weighted by Gasteiger charge is -2.16. The fraction of sp³-hybridized carbons (Fsp3) is 0.158. The Kier molecular flexibility index (Phi) is 4.27. The van der Waals surface area contributed by atoms with E-state index in [1.54, 1.807) is 7.11 Å². The molecule has 1 aromatic heterocycles. The molecule has 0 radical (unpaired) electrons. The molecule has 6 heteroatoms. The standard InChI is InChI=1S/C19H17FN2O3/c1-10-7-8-13-14(9-10)22-18(19(23)25-20)17(21)16(13)12-5-4-6-15(24-3)11(12)2/h4-9H,21H2,1-3H3. The number of aromatic nitrogens is 1. The minimum Gasteiger partial charge on any atom is -0.496 e. The van der Waals surface area contributed by atoms with Gasteiger partial charge in [-0.3, -0.25) is 0 Å². The van der Waals surface area contributed by atoms with Gasteiger partial charge in [0.05, 0.1) is 18.3 Å². The van der Waals surface area contributed by atoms with Gasteiger partial charge < -0.3 is 10.5 Å². The number of carbonyl (C=O) groups excluding carboxylic acids is 1. The van der Waals surface area contributed by atoms with Gasteiger partial charge in [0.1, 0.15) is 5.75 Å². The molecule has 0 fully saturated rings. The number of halogens is 1. The molecule has 0 saturated carbocycles. The summed E-state index contributed by atoms with van der Waals surface area (Å²) >= 11 is 0. The van der Waals surface area contributed by atoms with Gasteiger partial charge in [0.2, 0.25) is 0 Å². The lowest BCUT2D eigenvalue weighted by atomic mass is 9.93. The van der Waals surface area contributed by atoms with E-state index in [9.17, 15) is 9.32 Å². The van der Waals surface area contributed by atoms with Crippen LogP contribution in [0, 0.1) is 13.8 Å². The number of benzene rings is 2. The lowest BCUT2D eigenvalue weighted by Crippen LogP contribution is -2.09. The SMILES string of the molecule is COc1cccc(-c2c(N)c(C(=O)OF)nc3cc(C)ccc23)c1C. The van der Waals surface area contributed by atoms with Crippen molar-refractivity contribution in [1.82, 2.24) is 4.98 Å². The normalized spacial score (nSPS) is 10.7. The number of aryl methyl sites for hydroxylation is 1. The number of anilines is 1. The molecule has 0 atom stereocenters. The number of nitrogens with two attached hydrogens (primary N) is 1. The first-order valence-electron chi connectivity index (χ1n) is 7.64. The van der Waals surface area contributed by atoms with Crippen molar-refractivity contribution in [1.29, 1.82) is 0 Å². The van der Waals surface area contributed by atoms with Gasteiger partial charge in [-0.25, -0.2) is 14.7 Å². The average Bonchev–Trinajstić information content (AvgIpc) is 2.61. The van der Waals surface area contributed by atoms with Crippen molar-refractivity contribution in [3.05, 3.63) is 53.2 Å². The number of fused-ring (bicyclic) bond motifs is 1. The molecule has 0 aliphatic heterocycles. The van der Waals surface area contributed by atoms with Crippen LogP contribution in [-0.4, -0.2) is 18.1 Å². The number of ether oxygens (including phenoxy) is 1. The molecule has 0 unspecified atom stereocenters. The second kappa shape index (κ2) is 6.39. The fourth-order valence-corrected chi connectivity index (χ4v) is 2.98. The number of carbonyl (C=O) groups is 1. The molecule has 2 aromatic carbocycles. The van der Waals surface area contributed by atoms with E-state index in [2.05, 4.69) is 9.93 Å². The molecule has 0 bridgehead atoms. The van der Waals surface area contributed by atoms with Crippen LogP contribution in [0.3, 0.4) is 0 Å². The first-order chi connectivity index (χ1) is 12.0. The number of methoxy groups -OCH3 is 1. The highest BCUT2D eigenvalue weighted by Gasteiger charge is 2.22. The van der Waals surface area contributed by atoms with E-state index < -0.39 is 5.97 Å². The summed E-state index contributed by atoms with van der Waals surface area (Å²) in [6.07, 6.45) is 0. The van der Waals surface area contributed by atoms with Gasteiger partial charge in [0, 0.05) is 15.5 Å². The Balaban J connectivity index is 2.44. The average molecular weight is 340 g/mol. The molecule has 0 aliphatic rings. The maximum absolute atomic E-state index is 12.5. The van der Waals surface area contributed by atoms with E-state index in [1.807, 2.05) is 50.2 Å². The largest absolute Gasteiger partial charge is 0.496 e. The van der Waals surface area contributed by atoms with Crippen LogP contribution in [0.4, 0.5) is 10.2 Å². The molecule has 128 valence electrons. The first kappa shape index (κ1) is 16.7. The van der Waals surface area contributed by atoms with Crippen LogP contribution < -0.4 is 10.5 Å². The lowest BCUT2D eigenvalue weighted by molar-refractivity contribution is -0.0791. The van der Waals surface area contributed by atoms with E-state index in [0.29, 0.717) is 16.8 Å². The van der Waals surface area contributed by atoms with Gasteiger partial charge in [0.15, 0.2) is 5.69 Å². The molecule has 0 saturated heterocycles. The predicted octanol–water partition coefficient (Wildman–Crippen LogP) is 4.15. The Morgan fingerprint density at radius 2 is 1.96 bits per heavy atom. The number of hydrogen-bond donors (Lipinski definition) is 1. The highest BCUT2D eigenvalue weighted by Crippen LogP contribution is 2.39. The van der Waals surface area contributed by atoms with Gasteiger partial charge in [0.25, 0.3) is 0 Å². The maximum atomic E-state index is 12.5. The molecular formula is C19H17FN2O3. The second-order valence-electron chi connectivity index (χ2n) is 5.77. The van der Waals surface area contributed by atoms with Crippen molar-refractivity contribution >= 4 is 22.6 Å². The Bertz CT molecular complexity index is 986. The number of nitrogens with zero attached hydrogens (tertiary/aromatic N) is 1. The van der Waals surface area contributed by atoms with E-state index >= 15 is 0 Å². The predicted molar refractivity (Wildman–Crippen MR) is 94.1 cm³/mol. The summed E-state index contributed by atoms with van der Waals surface area (Å²) in [6, 6.07) is 11.1. The van der Waals surface area contributed by atoms with Gasteiger partial charge >= 0.3 is 5.97 Å². The van der Waals surface area contributed by atoms with Crippen molar-refractivity contribution in [3.63, 3.8) is 0 Å². The third-order valence-corrected chi connectivity index (χ3v) is 4.22. The first-order valence-corrected chi connectivity index (χ1v) is 7.64. The Hall–Kier alpha value is -3.15. The summed E-state index contributed by atoms with van der Waals surface area (Å²) in [6.45, 7) is 3.79. The molecule has 3 aromatic rings. The van der Waals surface area contributed by atoms with Gasteiger partial charge in [-0.2, -0.15) is 0 Å². The van der Waals surface area contributed by atoms with Crippen LogP contribution in [0.1, 0.15) is 21.6 Å². The molecule has 2 N–H and O–H groups in total. The van der Waals surface area contributed by atoms with Crippen molar-refractivity contribution in [2.45, 2.75) is 13.8 Å². The quantitative estimate of drug-likeness (QED) is 0.775. The minimum atomic E-state index is -1.22. The summed E-state index contributed by atoms with van der Waals surface area (Å²) in [4.78, 5) is 19.3. The maximum Gasteiger partial charge on any atom is 0.399 e. The summed E-state index contributed by atoms with van der Waals surface area (Å²) in [5.74, 6) is -0.536. The number of rotatable bonds is 3. The Labute approximate surface area is 144 Å². The van der Waals surface area contributed by atoms with Crippen molar-refractivity contribution < 1.29 is 19.0 Å². The van der Waals surface area contributed by atoms with Crippen LogP contribution in [-0.2, 0) is 4.94 Å². The third-order valence-electron chi connectivity index (χ3n) is 4.22. The van der Waals surface area contributed by atoms with E-state index in [0.717, 1.165) is 22.1 Å². The Morgan fingerprint density at radius 1 is 1.20 bits per heavy atom. The van der Waals surface area contributed by atoms with Crippen LogP contribution in [0.5, 0.6) is 5.75 Å². The molecule has 0 amide bonds. The van der Waals surface area contributed by atoms with Crippen LogP contribution in [0.2, 0.25) is 0 Å². The molecule has 5 nitrogen and oxygen atoms in total. The van der Waals surface area contributed by atoms with Gasteiger partial charge in [-0.1, -0.05) is 24.3 Å². The minimum absolute atomic E-state index is 0.0651. The summed E-state index contributed by atoms with van der Waals surface area (Å²) in [5, 5.41) is 0.759. The van der Waals surface area contributed by atoms with E-state index in [4.69, 9.17) is 10.5 Å². The smallest absolute Gasteiger partial charge is 0.399 e. The number of hydrogen-bond acceptors (Lipinski definition) is 5. The van der Waals surface area contributed by atoms with Crippen molar-refractivity contribution in [2.75, 3.05) is 12.8 Å².